The predicted octanol–water partition coefficient (Wildman–Crippen LogP) is 3.83. The molecule has 0 spiro atoms. The summed E-state index contributed by atoms with van der Waals surface area (Å²) in [6.45, 7) is 6.44. The van der Waals surface area contributed by atoms with E-state index in [4.69, 9.17) is 4.74 Å². The van der Waals surface area contributed by atoms with Crippen molar-refractivity contribution in [2.45, 2.75) is 50.7 Å². The highest BCUT2D eigenvalue weighted by Gasteiger charge is 2.37. The molecule has 2 aliphatic rings. The average Bonchev–Trinajstić information content (AvgIpc) is 3.34. The summed E-state index contributed by atoms with van der Waals surface area (Å²) in [5.74, 6) is -0.155. The van der Waals surface area contributed by atoms with E-state index in [1.54, 1.807) is 35.6 Å². The number of ether oxygens (including phenoxy) is 1. The van der Waals surface area contributed by atoms with Crippen molar-refractivity contribution in [3.8, 4) is 0 Å². The minimum atomic E-state index is -0.221. The quantitative estimate of drug-likeness (QED) is 0.617. The van der Waals surface area contributed by atoms with Crippen LogP contribution in [0, 0.1) is 0 Å². The minimum Gasteiger partial charge on any atom is -0.379 e. The molecule has 3 N–H and O–H groups in total. The highest BCUT2D eigenvalue weighted by molar-refractivity contribution is 7.09. The van der Waals surface area contributed by atoms with Crippen LogP contribution < -0.4 is 16.0 Å². The van der Waals surface area contributed by atoms with E-state index in [0.29, 0.717) is 17.8 Å². The molecule has 1 aliphatic heterocycles. The van der Waals surface area contributed by atoms with Gasteiger partial charge in [0.15, 0.2) is 0 Å². The number of amides is 3. The molecule has 0 unspecified atom stereocenters. The fourth-order valence-corrected chi connectivity index (χ4v) is 5.22. The fourth-order valence-electron chi connectivity index (χ4n) is 4.58. The summed E-state index contributed by atoms with van der Waals surface area (Å²) in [6, 6.07) is 10.9. The van der Waals surface area contributed by atoms with E-state index in [0.717, 1.165) is 56.9 Å². The number of carbonyl (C=O) groups excluding carboxylic acids is 2. The Balaban J connectivity index is 1.24. The molecule has 1 aliphatic carbocycles. The lowest BCUT2D eigenvalue weighted by Gasteiger charge is -2.47. The average molecular weight is 457 g/mol. The van der Waals surface area contributed by atoms with Crippen LogP contribution in [0.4, 0.5) is 10.5 Å². The van der Waals surface area contributed by atoms with Crippen molar-refractivity contribution in [2.75, 3.05) is 31.6 Å². The number of carbonyl (C=O) groups is 2. The van der Waals surface area contributed by atoms with Crippen LogP contribution in [0.5, 0.6) is 0 Å². The second-order valence-electron chi connectivity index (χ2n) is 8.81. The van der Waals surface area contributed by atoms with Crippen molar-refractivity contribution in [3.63, 3.8) is 0 Å². The monoisotopic (exact) mass is 456 g/mol. The number of hydrogen-bond acceptors (Lipinski definition) is 5. The third-order valence-electron chi connectivity index (χ3n) is 6.56. The van der Waals surface area contributed by atoms with Crippen molar-refractivity contribution >= 4 is 29.0 Å². The first kappa shape index (κ1) is 22.8. The zero-order valence-electron chi connectivity index (χ0n) is 18.6. The van der Waals surface area contributed by atoms with Gasteiger partial charge in [0.2, 0.25) is 0 Å². The SMILES string of the molecule is CC1(N2CCOCC2)CCC(NC(=O)Nc2cccc(C(=O)NCc3cccs3)c2)CC1. The van der Waals surface area contributed by atoms with E-state index < -0.39 is 0 Å². The lowest BCUT2D eigenvalue weighted by atomic mass is 9.79. The van der Waals surface area contributed by atoms with Gasteiger partial charge in [0.25, 0.3) is 5.91 Å². The van der Waals surface area contributed by atoms with Gasteiger partial charge < -0.3 is 20.7 Å². The molecular weight excluding hydrogens is 424 g/mol. The van der Waals surface area contributed by atoms with Crippen molar-refractivity contribution in [3.05, 3.63) is 52.2 Å². The standard InChI is InChI=1S/C24H32N4O3S/c1-24(28-11-13-31-14-12-28)9-7-19(8-10-24)26-23(30)27-20-5-2-4-18(16-20)22(29)25-17-21-6-3-15-32-21/h2-6,15-16,19H,7-14,17H2,1H3,(H,25,29)(H2,26,27,30). The van der Waals surface area contributed by atoms with Gasteiger partial charge >= 0.3 is 6.03 Å². The van der Waals surface area contributed by atoms with Crippen LogP contribution in [0.3, 0.4) is 0 Å². The maximum atomic E-state index is 12.6. The maximum Gasteiger partial charge on any atom is 0.319 e. The fraction of sp³-hybridized carbons (Fsp3) is 0.500. The molecule has 3 amide bonds. The number of rotatable bonds is 6. The van der Waals surface area contributed by atoms with Crippen LogP contribution in [0.2, 0.25) is 0 Å². The van der Waals surface area contributed by atoms with E-state index in [9.17, 15) is 9.59 Å². The Labute approximate surface area is 193 Å². The Bertz CT molecular complexity index is 904. The number of anilines is 1. The van der Waals surface area contributed by atoms with Gasteiger partial charge in [-0.2, -0.15) is 0 Å². The van der Waals surface area contributed by atoms with Crippen LogP contribution >= 0.6 is 11.3 Å². The molecule has 1 aromatic carbocycles. The first-order valence-corrected chi connectivity index (χ1v) is 12.2. The molecule has 172 valence electrons. The zero-order valence-corrected chi connectivity index (χ0v) is 19.4. The summed E-state index contributed by atoms with van der Waals surface area (Å²) in [5.41, 5.74) is 1.34. The molecule has 0 atom stereocenters. The van der Waals surface area contributed by atoms with Gasteiger partial charge in [-0.05, 0) is 62.3 Å². The van der Waals surface area contributed by atoms with E-state index in [1.807, 2.05) is 17.5 Å². The minimum absolute atomic E-state index is 0.155. The third-order valence-corrected chi connectivity index (χ3v) is 7.43. The van der Waals surface area contributed by atoms with Gasteiger partial charge in [-0.3, -0.25) is 9.69 Å². The van der Waals surface area contributed by atoms with Gasteiger partial charge in [-0.25, -0.2) is 4.79 Å². The Morgan fingerprint density at radius 2 is 1.94 bits per heavy atom. The number of benzene rings is 1. The Morgan fingerprint density at radius 1 is 1.16 bits per heavy atom. The highest BCUT2D eigenvalue weighted by Crippen LogP contribution is 2.34. The zero-order chi connectivity index (χ0) is 22.4. The van der Waals surface area contributed by atoms with Crippen molar-refractivity contribution in [2.24, 2.45) is 0 Å². The van der Waals surface area contributed by atoms with Gasteiger partial charge in [0.1, 0.15) is 0 Å². The van der Waals surface area contributed by atoms with Gasteiger partial charge in [0.05, 0.1) is 19.8 Å². The number of thiophene rings is 1. The largest absolute Gasteiger partial charge is 0.379 e. The molecule has 1 saturated heterocycles. The van der Waals surface area contributed by atoms with Crippen LogP contribution in [-0.4, -0.2) is 54.7 Å². The molecule has 0 radical (unpaired) electrons. The number of hydrogen-bond donors (Lipinski definition) is 3. The summed E-state index contributed by atoms with van der Waals surface area (Å²) in [7, 11) is 0. The summed E-state index contributed by atoms with van der Waals surface area (Å²) in [4.78, 5) is 28.6. The molecule has 1 saturated carbocycles. The van der Waals surface area contributed by atoms with Crippen LogP contribution in [-0.2, 0) is 11.3 Å². The molecule has 32 heavy (non-hydrogen) atoms. The van der Waals surface area contributed by atoms with Gasteiger partial charge in [-0.1, -0.05) is 12.1 Å². The Kier molecular flexibility index (Phi) is 7.44. The molecular formula is C24H32N4O3S. The number of urea groups is 1. The molecule has 8 heteroatoms. The highest BCUT2D eigenvalue weighted by atomic mass is 32.1. The summed E-state index contributed by atoms with van der Waals surface area (Å²) in [5, 5.41) is 10.9. The van der Waals surface area contributed by atoms with E-state index >= 15 is 0 Å². The van der Waals surface area contributed by atoms with Crippen molar-refractivity contribution < 1.29 is 14.3 Å². The molecule has 0 bridgehead atoms. The molecule has 2 fully saturated rings. The first-order valence-electron chi connectivity index (χ1n) is 11.3. The first-order chi connectivity index (χ1) is 15.5. The van der Waals surface area contributed by atoms with Crippen LogP contribution in [0.1, 0.15) is 47.8 Å². The van der Waals surface area contributed by atoms with Gasteiger partial charge in [0, 0.05) is 40.8 Å². The van der Waals surface area contributed by atoms with Crippen molar-refractivity contribution in [1.29, 1.82) is 0 Å². The second kappa shape index (κ2) is 10.5. The molecule has 2 aromatic rings. The van der Waals surface area contributed by atoms with Crippen LogP contribution in [0.15, 0.2) is 41.8 Å². The number of nitrogens with zero attached hydrogens (tertiary/aromatic N) is 1. The second-order valence-corrected chi connectivity index (χ2v) is 9.84. The van der Waals surface area contributed by atoms with Gasteiger partial charge in [-0.15, -0.1) is 11.3 Å². The molecule has 4 rings (SSSR count). The third kappa shape index (κ3) is 5.88. The normalized spacial score (nSPS) is 24.0. The van der Waals surface area contributed by atoms with E-state index in [1.165, 1.54) is 0 Å². The van der Waals surface area contributed by atoms with E-state index in [-0.39, 0.29) is 23.5 Å². The summed E-state index contributed by atoms with van der Waals surface area (Å²) < 4.78 is 5.49. The maximum absolute atomic E-state index is 12.6. The molecule has 1 aromatic heterocycles. The van der Waals surface area contributed by atoms with E-state index in [2.05, 4.69) is 27.8 Å². The topological polar surface area (TPSA) is 82.7 Å². The number of morpholine rings is 1. The van der Waals surface area contributed by atoms with Crippen molar-refractivity contribution in [1.82, 2.24) is 15.5 Å². The number of nitrogens with one attached hydrogen (secondary N) is 3. The van der Waals surface area contributed by atoms with Crippen LogP contribution in [0.25, 0.3) is 0 Å². The predicted molar refractivity (Wildman–Crippen MR) is 127 cm³/mol. The molecule has 2 heterocycles. The smallest absolute Gasteiger partial charge is 0.319 e. The Hall–Kier alpha value is -2.42. The summed E-state index contributed by atoms with van der Waals surface area (Å²) >= 11 is 1.61. The lowest BCUT2D eigenvalue weighted by molar-refractivity contribution is -0.0319. The Morgan fingerprint density at radius 3 is 2.66 bits per heavy atom. The summed E-state index contributed by atoms with van der Waals surface area (Å²) in [6.07, 6.45) is 4.06. The molecule has 7 nitrogen and oxygen atoms in total. The lowest BCUT2D eigenvalue weighted by Crippen LogP contribution is -2.55.